The van der Waals surface area contributed by atoms with Gasteiger partial charge in [-0.2, -0.15) is 78.6 Å². The summed E-state index contributed by atoms with van der Waals surface area (Å²) in [6, 6.07) is 7.91. The molecule has 2 saturated carbocycles. The lowest BCUT2D eigenvalue weighted by Gasteiger charge is -2.30. The highest BCUT2D eigenvalue weighted by molar-refractivity contribution is 14.1. The van der Waals surface area contributed by atoms with Crippen LogP contribution in [0.4, 0.5) is 65.9 Å². The maximum absolute atomic E-state index is 12.9. The molecule has 4 fully saturated rings. The fourth-order valence-electron chi connectivity index (χ4n) is 9.22. The molecule has 36 heteroatoms. The lowest BCUT2D eigenvalue weighted by Crippen LogP contribution is -2.46. The number of alkyl halides is 15. The Balaban J connectivity index is 0.000000627. The van der Waals surface area contributed by atoms with Crippen LogP contribution >= 0.6 is 67.8 Å². The first-order chi connectivity index (χ1) is 46.5. The van der Waals surface area contributed by atoms with Crippen molar-refractivity contribution in [2.75, 3.05) is 0 Å². The summed E-state index contributed by atoms with van der Waals surface area (Å²) in [7, 11) is -5.91. The zero-order valence-electron chi connectivity index (χ0n) is 61.2. The van der Waals surface area contributed by atoms with Crippen LogP contribution in [-0.4, -0.2) is 114 Å². The Morgan fingerprint density at radius 3 is 1.40 bits per heavy atom. The van der Waals surface area contributed by atoms with Crippen molar-refractivity contribution in [2.24, 2.45) is 57.2 Å². The summed E-state index contributed by atoms with van der Waals surface area (Å²) in [6.07, 6.45) is -20.6. The van der Waals surface area contributed by atoms with E-state index in [0.717, 1.165) is 62.4 Å². The first kappa shape index (κ1) is 97.5. The monoisotopic (exact) mass is 1880 g/mol. The number of rotatable bonds is 16. The van der Waals surface area contributed by atoms with Crippen molar-refractivity contribution in [2.45, 2.75) is 250 Å². The van der Waals surface area contributed by atoms with Crippen molar-refractivity contribution in [3.8, 4) is 5.75 Å². The number of ether oxygens (including phenoxy) is 6. The van der Waals surface area contributed by atoms with Gasteiger partial charge in [-0.05, 0) is 232 Å². The van der Waals surface area contributed by atoms with Gasteiger partial charge in [0.15, 0.2) is 23.4 Å². The second-order valence-corrected chi connectivity index (χ2v) is 34.0. The minimum Gasteiger partial charge on any atom is -0.460 e. The topological polar surface area (TPSA) is 229 Å². The van der Waals surface area contributed by atoms with Gasteiger partial charge in [0, 0.05) is 27.2 Å². The first-order valence-corrected chi connectivity index (χ1v) is 37.2. The highest BCUT2D eigenvalue weighted by Gasteiger charge is 2.64. The van der Waals surface area contributed by atoms with Gasteiger partial charge in [-0.15, -0.1) is 0 Å². The van der Waals surface area contributed by atoms with E-state index in [1.807, 2.05) is 53.7 Å². The molecule has 0 spiro atoms. The minimum absolute atomic E-state index is 0.0779. The second-order valence-electron chi connectivity index (χ2n) is 28.6. The number of aryl methyl sites for hydroxylation is 1. The van der Waals surface area contributed by atoms with Gasteiger partial charge >= 0.3 is 76.1 Å². The molecule has 12 unspecified atom stereocenters. The van der Waals surface area contributed by atoms with E-state index in [0.29, 0.717) is 49.0 Å². The number of imide groups is 1. The molecule has 2 heterocycles. The molecule has 2 aromatic rings. The van der Waals surface area contributed by atoms with E-state index in [1.54, 1.807) is 68.4 Å². The standard InChI is InChI=1S/C17H23F3O2.C14H20O4.C12H13I3O2.C9H12F6O2.C9H15F3O2.C7H8F3NO4S/c1-10-7-13(9-14(8-10)17(18,19)20)11(2)12(3)15(21)22-16(4,5)6;1-4-14(2,3)13(16)18-10-7-5-8-9(6-7)12(15)17-11(8)10;1-4-12(2,3)11(16)17-10-8(14)5-7(13)6-9(10)15;1-4-7(3,9(13,14)15)6(16)17-5(2)8(10,11)12;1-5-8(3,4)7(13)14-6(2)9(10,11)12;1-3-4(2)6(13)11(5(3)12)16(14,15)7(8,9)10/h7-9,11-12H,1-6H3;7-11H,4-6H2,1-3H3;5-6H,4H2,1-3H3;5H,4H2,1-3H3;6H,5H2,1-4H3;3-4H,1-2H3. The molecule has 17 nitrogen and oxygen atoms in total. The SMILES string of the molecule is CC1C(=O)N(S(=O)(=O)C(F)(F)F)C(=O)C1C.CCC(C)(C(=O)OC(C)C(F)(F)F)C(F)(F)F.CCC(C)(C)C(=O)OC(C)C(F)(F)F.CCC(C)(C)C(=O)OC1C2CC3C(=O)OC1C3C2.CCC(C)(C)C(=O)Oc1c(I)cc(I)cc1I.Cc1cc(C(C)C(C)C(=O)OC(C)(C)C)cc(C(F)(F)F)c1. The number of esters is 6. The highest BCUT2D eigenvalue weighted by atomic mass is 127. The molecule has 2 aliphatic carbocycles. The number of sulfonamides is 1. The summed E-state index contributed by atoms with van der Waals surface area (Å²) >= 11 is 6.65. The van der Waals surface area contributed by atoms with Crippen molar-refractivity contribution in [3.63, 3.8) is 0 Å². The summed E-state index contributed by atoms with van der Waals surface area (Å²) < 4.78 is 239. The maximum atomic E-state index is 12.9. The van der Waals surface area contributed by atoms with Gasteiger partial charge in [0.2, 0.25) is 11.8 Å². The molecule has 0 radical (unpaired) electrons. The highest BCUT2D eigenvalue weighted by Crippen LogP contribution is 2.56. The number of halogens is 18. The van der Waals surface area contributed by atoms with Crippen molar-refractivity contribution >= 4 is 125 Å². The van der Waals surface area contributed by atoms with E-state index in [4.69, 9.17) is 18.9 Å². The van der Waals surface area contributed by atoms with E-state index < -0.39 is 143 Å². The lowest BCUT2D eigenvalue weighted by atomic mass is 9.87. The Kier molecular flexibility index (Phi) is 34.5. The fourth-order valence-corrected chi connectivity index (χ4v) is 14.0. The van der Waals surface area contributed by atoms with Crippen LogP contribution in [0.1, 0.15) is 200 Å². The van der Waals surface area contributed by atoms with Gasteiger partial charge in [0.05, 0.1) is 40.8 Å². The summed E-state index contributed by atoms with van der Waals surface area (Å²) in [5.41, 5.74) is -10.6. The summed E-state index contributed by atoms with van der Waals surface area (Å²) in [5, 5.41) is 0. The third-order valence-electron chi connectivity index (χ3n) is 18.3. The molecule has 2 aliphatic heterocycles. The molecule has 2 aromatic carbocycles. The van der Waals surface area contributed by atoms with E-state index >= 15 is 0 Å². The van der Waals surface area contributed by atoms with Crippen LogP contribution in [0.3, 0.4) is 0 Å². The molecule has 6 rings (SSSR count). The zero-order valence-corrected chi connectivity index (χ0v) is 68.5. The number of fused-ring (bicyclic) bond motifs is 1. The van der Waals surface area contributed by atoms with Crippen LogP contribution in [0.25, 0.3) is 0 Å². The van der Waals surface area contributed by atoms with Crippen LogP contribution in [-0.2, 0) is 78.2 Å². The average Bonchev–Trinajstić information content (AvgIpc) is 1.57. The second kappa shape index (κ2) is 36.8. The minimum atomic E-state index is -5.91. The normalized spacial score (nSPS) is 21.5. The van der Waals surface area contributed by atoms with Gasteiger partial charge in [-0.3, -0.25) is 38.4 Å². The van der Waals surface area contributed by atoms with Crippen LogP contribution in [0.5, 0.6) is 5.75 Å². The smallest absolute Gasteiger partial charge is 0.460 e. The van der Waals surface area contributed by atoms with Crippen LogP contribution in [0, 0.1) is 74.8 Å². The summed E-state index contributed by atoms with van der Waals surface area (Å²) in [5.74, 6) is -7.88. The van der Waals surface area contributed by atoms with Crippen LogP contribution in [0.15, 0.2) is 30.3 Å². The summed E-state index contributed by atoms with van der Waals surface area (Å²) in [6.45, 7) is 32.0. The van der Waals surface area contributed by atoms with E-state index in [1.165, 1.54) is 13.8 Å². The third-order valence-corrected chi connectivity index (χ3v) is 22.0. The molecule has 2 amide bonds. The molecule has 2 bridgehead atoms. The van der Waals surface area contributed by atoms with Crippen molar-refractivity contribution in [1.82, 2.24) is 4.31 Å². The van der Waals surface area contributed by atoms with Crippen LogP contribution in [0.2, 0.25) is 0 Å². The van der Waals surface area contributed by atoms with Gasteiger partial charge in [0.25, 0.3) is 0 Å². The van der Waals surface area contributed by atoms with Gasteiger partial charge in [-0.25, -0.2) is 0 Å². The molecular formula is C68H91F15I3NO16S. The molecule has 4 aliphatic rings. The number of carbonyl (C=O) groups excluding carboxylic acids is 8. The van der Waals surface area contributed by atoms with Gasteiger partial charge < -0.3 is 28.4 Å². The Labute approximate surface area is 637 Å². The van der Waals surface area contributed by atoms with Crippen molar-refractivity contribution < 1.29 is 141 Å². The number of hydrogen-bond donors (Lipinski definition) is 0. The number of amides is 2. The number of carbonyl (C=O) groups is 8. The van der Waals surface area contributed by atoms with Crippen LogP contribution < -0.4 is 4.74 Å². The van der Waals surface area contributed by atoms with Crippen molar-refractivity contribution in [1.29, 1.82) is 0 Å². The van der Waals surface area contributed by atoms with E-state index in [9.17, 15) is 113 Å². The van der Waals surface area contributed by atoms with Gasteiger partial charge in [0.1, 0.15) is 17.8 Å². The average molecular weight is 1880 g/mol. The Morgan fingerprint density at radius 2 is 1.02 bits per heavy atom. The molecule has 104 heavy (non-hydrogen) atoms. The van der Waals surface area contributed by atoms with E-state index in [-0.39, 0.29) is 42.0 Å². The quantitative estimate of drug-likeness (QED) is 0.0380. The molecule has 596 valence electrons. The number of hydrogen-bond acceptors (Lipinski definition) is 16. The Bertz CT molecular complexity index is 3440. The fraction of sp³-hybridized carbons (Fsp3) is 0.706. The summed E-state index contributed by atoms with van der Waals surface area (Å²) in [4.78, 5) is 92.7. The molecule has 2 saturated heterocycles. The van der Waals surface area contributed by atoms with Crippen molar-refractivity contribution in [3.05, 3.63) is 57.7 Å². The molecule has 0 aromatic heterocycles. The third kappa shape index (κ3) is 26.1. The number of nitrogens with zero attached hydrogens (tertiary/aromatic N) is 1. The van der Waals surface area contributed by atoms with Gasteiger partial charge in [-0.1, -0.05) is 67.0 Å². The Hall–Kier alpha value is -4.51. The predicted molar refractivity (Wildman–Crippen MR) is 374 cm³/mol. The molecule has 0 N–H and O–H groups in total. The predicted octanol–water partition coefficient (Wildman–Crippen LogP) is 18.7. The Morgan fingerprint density at radius 1 is 0.596 bits per heavy atom. The molecular weight excluding hydrogens is 1780 g/mol. The maximum Gasteiger partial charge on any atom is 0.517 e. The number of benzene rings is 2. The first-order valence-electron chi connectivity index (χ1n) is 32.5. The lowest BCUT2D eigenvalue weighted by molar-refractivity contribution is -0.252. The molecule has 12 atom stereocenters. The van der Waals surface area contributed by atoms with E-state index in [2.05, 4.69) is 77.2 Å². The zero-order chi connectivity index (χ0) is 82.1. The largest absolute Gasteiger partial charge is 0.517 e.